The number of hydrogen-bond donors (Lipinski definition) is 2. The molecule has 0 fully saturated rings. The molecule has 1 aromatic rings. The standard InChI is InChI=1S/C12H17F2N3O3/c1-6(4-11(19)20)15-10(18)5-9-7(2)16-17(8(9)3)12(13)14/h6,12H,4-5H2,1-3H3,(H,15,18)(H,19,20). The van der Waals surface area contributed by atoms with E-state index in [1.165, 1.54) is 6.92 Å². The third kappa shape index (κ3) is 4.01. The van der Waals surface area contributed by atoms with Crippen LogP contribution in [0.1, 0.15) is 36.8 Å². The molecule has 0 saturated heterocycles. The van der Waals surface area contributed by atoms with Gasteiger partial charge in [-0.3, -0.25) is 9.59 Å². The number of aliphatic carboxylic acids is 1. The molecular formula is C12H17F2N3O3. The lowest BCUT2D eigenvalue weighted by atomic mass is 10.1. The van der Waals surface area contributed by atoms with Gasteiger partial charge in [-0.25, -0.2) is 4.68 Å². The average Bonchev–Trinajstić information content (AvgIpc) is 2.55. The van der Waals surface area contributed by atoms with E-state index in [1.807, 2.05) is 0 Å². The van der Waals surface area contributed by atoms with Crippen LogP contribution in [-0.2, 0) is 16.0 Å². The third-order valence-corrected chi connectivity index (χ3v) is 2.89. The van der Waals surface area contributed by atoms with Gasteiger partial charge in [-0.15, -0.1) is 0 Å². The maximum Gasteiger partial charge on any atom is 0.333 e. The van der Waals surface area contributed by atoms with Gasteiger partial charge >= 0.3 is 12.5 Å². The molecule has 1 atom stereocenters. The maximum atomic E-state index is 12.6. The highest BCUT2D eigenvalue weighted by atomic mass is 19.3. The first-order chi connectivity index (χ1) is 9.22. The number of halogens is 2. The van der Waals surface area contributed by atoms with Gasteiger partial charge in [-0.1, -0.05) is 0 Å². The summed E-state index contributed by atoms with van der Waals surface area (Å²) in [5.41, 5.74) is 1.03. The number of alkyl halides is 2. The summed E-state index contributed by atoms with van der Waals surface area (Å²) in [5, 5.41) is 14.8. The van der Waals surface area contributed by atoms with Crippen LogP contribution in [0.5, 0.6) is 0 Å². The van der Waals surface area contributed by atoms with Crippen molar-refractivity contribution in [2.24, 2.45) is 0 Å². The summed E-state index contributed by atoms with van der Waals surface area (Å²) in [6.07, 6.45) is -0.297. The molecule has 1 unspecified atom stereocenters. The van der Waals surface area contributed by atoms with Crippen LogP contribution in [0.25, 0.3) is 0 Å². The Morgan fingerprint density at radius 3 is 2.45 bits per heavy atom. The van der Waals surface area contributed by atoms with Gasteiger partial charge < -0.3 is 10.4 Å². The lowest BCUT2D eigenvalue weighted by molar-refractivity contribution is -0.137. The normalized spacial score (nSPS) is 12.5. The van der Waals surface area contributed by atoms with Gasteiger partial charge in [0.05, 0.1) is 18.5 Å². The van der Waals surface area contributed by atoms with E-state index in [4.69, 9.17) is 5.11 Å². The Kier molecular flexibility index (Phi) is 5.18. The second-order valence-electron chi connectivity index (χ2n) is 4.61. The van der Waals surface area contributed by atoms with Gasteiger partial charge in [0, 0.05) is 17.3 Å². The van der Waals surface area contributed by atoms with E-state index in [0.29, 0.717) is 15.9 Å². The Morgan fingerprint density at radius 1 is 1.40 bits per heavy atom. The van der Waals surface area contributed by atoms with Crippen molar-refractivity contribution >= 4 is 11.9 Å². The first kappa shape index (κ1) is 16.1. The SMILES string of the molecule is Cc1nn(C(F)F)c(C)c1CC(=O)NC(C)CC(=O)O. The number of aryl methyl sites for hydroxylation is 1. The van der Waals surface area contributed by atoms with Crippen LogP contribution in [0.3, 0.4) is 0 Å². The Balaban J connectivity index is 2.74. The molecule has 112 valence electrons. The van der Waals surface area contributed by atoms with Gasteiger partial charge in [0.25, 0.3) is 0 Å². The number of aromatic nitrogens is 2. The number of carbonyl (C=O) groups is 2. The van der Waals surface area contributed by atoms with Gasteiger partial charge in [0.2, 0.25) is 5.91 Å². The second-order valence-corrected chi connectivity index (χ2v) is 4.61. The monoisotopic (exact) mass is 289 g/mol. The molecule has 0 spiro atoms. The van der Waals surface area contributed by atoms with E-state index >= 15 is 0 Å². The highest BCUT2D eigenvalue weighted by Crippen LogP contribution is 2.19. The molecule has 0 aliphatic heterocycles. The number of nitrogens with one attached hydrogen (secondary N) is 1. The van der Waals surface area contributed by atoms with E-state index in [0.717, 1.165) is 0 Å². The third-order valence-electron chi connectivity index (χ3n) is 2.89. The molecule has 0 aliphatic carbocycles. The van der Waals surface area contributed by atoms with Crippen LogP contribution >= 0.6 is 0 Å². The van der Waals surface area contributed by atoms with E-state index in [2.05, 4.69) is 10.4 Å². The van der Waals surface area contributed by atoms with Crippen molar-refractivity contribution in [2.75, 3.05) is 0 Å². The minimum Gasteiger partial charge on any atom is -0.481 e. The summed E-state index contributed by atoms with van der Waals surface area (Å²) in [6, 6.07) is -0.522. The predicted molar refractivity (Wildman–Crippen MR) is 66.5 cm³/mol. The van der Waals surface area contributed by atoms with Crippen LogP contribution in [0.2, 0.25) is 0 Å². The van der Waals surface area contributed by atoms with Crippen LogP contribution in [0.15, 0.2) is 0 Å². The van der Waals surface area contributed by atoms with E-state index in [9.17, 15) is 18.4 Å². The summed E-state index contributed by atoms with van der Waals surface area (Å²) in [4.78, 5) is 22.2. The number of carbonyl (C=O) groups excluding carboxylic acids is 1. The summed E-state index contributed by atoms with van der Waals surface area (Å²) in [6.45, 7) is 1.83. The highest BCUT2D eigenvalue weighted by Gasteiger charge is 2.20. The molecule has 0 aromatic carbocycles. The molecule has 0 radical (unpaired) electrons. The molecule has 0 bridgehead atoms. The fourth-order valence-electron chi connectivity index (χ4n) is 1.94. The highest BCUT2D eigenvalue weighted by molar-refractivity contribution is 5.80. The molecule has 1 heterocycles. The smallest absolute Gasteiger partial charge is 0.333 e. The van der Waals surface area contributed by atoms with Crippen LogP contribution in [0, 0.1) is 13.8 Å². The van der Waals surface area contributed by atoms with Gasteiger partial charge in [-0.2, -0.15) is 13.9 Å². The minimum atomic E-state index is -2.75. The summed E-state index contributed by atoms with van der Waals surface area (Å²) >= 11 is 0. The summed E-state index contributed by atoms with van der Waals surface area (Å²) < 4.78 is 25.9. The van der Waals surface area contributed by atoms with Crippen molar-refractivity contribution in [3.63, 3.8) is 0 Å². The number of carboxylic acids is 1. The average molecular weight is 289 g/mol. The predicted octanol–water partition coefficient (Wildman–Crippen LogP) is 1.42. The summed E-state index contributed by atoms with van der Waals surface area (Å²) in [5.74, 6) is -1.44. The molecule has 20 heavy (non-hydrogen) atoms. The zero-order valence-corrected chi connectivity index (χ0v) is 11.5. The van der Waals surface area contributed by atoms with Gasteiger partial charge in [0.15, 0.2) is 0 Å². The van der Waals surface area contributed by atoms with Crippen molar-refractivity contribution in [1.29, 1.82) is 0 Å². The molecule has 2 N–H and O–H groups in total. The Hall–Kier alpha value is -1.99. The lowest BCUT2D eigenvalue weighted by Crippen LogP contribution is -2.35. The van der Waals surface area contributed by atoms with Crippen LogP contribution in [0.4, 0.5) is 8.78 Å². The van der Waals surface area contributed by atoms with Crippen molar-refractivity contribution < 1.29 is 23.5 Å². The lowest BCUT2D eigenvalue weighted by Gasteiger charge is -2.11. The number of rotatable bonds is 6. The van der Waals surface area contributed by atoms with E-state index in [-0.39, 0.29) is 18.5 Å². The Morgan fingerprint density at radius 2 is 2.00 bits per heavy atom. The molecule has 0 saturated carbocycles. The van der Waals surface area contributed by atoms with Crippen LogP contribution < -0.4 is 5.32 Å². The number of hydrogen-bond acceptors (Lipinski definition) is 3. The molecule has 1 rings (SSSR count). The molecule has 1 aromatic heterocycles. The fourth-order valence-corrected chi connectivity index (χ4v) is 1.94. The van der Waals surface area contributed by atoms with Gasteiger partial charge in [-0.05, 0) is 20.8 Å². The number of nitrogens with zero attached hydrogens (tertiary/aromatic N) is 2. The number of carboxylic acid groups (broad SMARTS) is 1. The van der Waals surface area contributed by atoms with E-state index in [1.54, 1.807) is 13.8 Å². The quantitative estimate of drug-likeness (QED) is 0.829. The molecule has 0 aliphatic rings. The minimum absolute atomic E-state index is 0.103. The maximum absolute atomic E-state index is 12.6. The molecule has 8 heteroatoms. The molecule has 6 nitrogen and oxygen atoms in total. The largest absolute Gasteiger partial charge is 0.481 e. The number of amides is 1. The van der Waals surface area contributed by atoms with Crippen molar-refractivity contribution in [3.05, 3.63) is 17.0 Å². The zero-order chi connectivity index (χ0) is 15.4. The van der Waals surface area contributed by atoms with Crippen molar-refractivity contribution in [1.82, 2.24) is 15.1 Å². The van der Waals surface area contributed by atoms with Crippen LogP contribution in [-0.4, -0.2) is 32.8 Å². The first-order valence-corrected chi connectivity index (χ1v) is 6.06. The first-order valence-electron chi connectivity index (χ1n) is 6.06. The van der Waals surface area contributed by atoms with Crippen molar-refractivity contribution in [3.8, 4) is 0 Å². The molecule has 1 amide bonds. The molecular weight excluding hydrogens is 272 g/mol. The van der Waals surface area contributed by atoms with E-state index < -0.39 is 24.5 Å². The Bertz CT molecular complexity index is 514. The topological polar surface area (TPSA) is 84.2 Å². The van der Waals surface area contributed by atoms with Crippen molar-refractivity contribution in [2.45, 2.75) is 46.2 Å². The summed E-state index contributed by atoms with van der Waals surface area (Å²) in [7, 11) is 0. The Labute approximate surface area is 114 Å². The van der Waals surface area contributed by atoms with Gasteiger partial charge in [0.1, 0.15) is 0 Å². The zero-order valence-electron chi connectivity index (χ0n) is 11.5. The second kappa shape index (κ2) is 6.44. The fraction of sp³-hybridized carbons (Fsp3) is 0.583.